The van der Waals surface area contributed by atoms with Crippen molar-refractivity contribution in [2.45, 2.75) is 13.3 Å². The van der Waals surface area contributed by atoms with Gasteiger partial charge >= 0.3 is 5.97 Å². The minimum atomic E-state index is -1.01. The highest BCUT2D eigenvalue weighted by molar-refractivity contribution is 9.10. The van der Waals surface area contributed by atoms with Gasteiger partial charge in [0.1, 0.15) is 5.78 Å². The number of halogens is 1. The smallest absolute Gasteiger partial charge is 0.328 e. The second-order valence-electron chi connectivity index (χ2n) is 3.39. The van der Waals surface area contributed by atoms with Gasteiger partial charge in [0.15, 0.2) is 0 Å². The Morgan fingerprint density at radius 2 is 2.12 bits per heavy atom. The molecule has 0 amide bonds. The summed E-state index contributed by atoms with van der Waals surface area (Å²) in [5, 5.41) is 8.55. The highest BCUT2D eigenvalue weighted by Crippen LogP contribution is 2.18. The molecule has 0 aliphatic heterocycles. The standard InChI is InChI=1S/C12H11BrO3/c1-8(14)6-9-2-4-11(13)7-10(9)3-5-12(15)16/h2-5,7H,6H2,1H3,(H,15,16)/b5-3+. The molecule has 0 saturated heterocycles. The maximum absolute atomic E-state index is 11.0. The molecule has 0 radical (unpaired) electrons. The SMILES string of the molecule is CC(=O)Cc1ccc(Br)cc1/C=C/C(=O)O. The number of carbonyl (C=O) groups excluding carboxylic acids is 1. The number of rotatable bonds is 4. The van der Waals surface area contributed by atoms with Crippen LogP contribution in [0.3, 0.4) is 0 Å². The van der Waals surface area contributed by atoms with E-state index in [1.165, 1.54) is 13.0 Å². The fraction of sp³-hybridized carbons (Fsp3) is 0.167. The molecule has 84 valence electrons. The minimum absolute atomic E-state index is 0.0484. The van der Waals surface area contributed by atoms with Crippen LogP contribution in [0.25, 0.3) is 6.08 Å². The highest BCUT2D eigenvalue weighted by atomic mass is 79.9. The predicted molar refractivity (Wildman–Crippen MR) is 65.2 cm³/mol. The first kappa shape index (κ1) is 12.6. The Balaban J connectivity index is 3.07. The molecule has 0 heterocycles. The second-order valence-corrected chi connectivity index (χ2v) is 4.31. The summed E-state index contributed by atoms with van der Waals surface area (Å²) in [5.74, 6) is -0.957. The number of hydrogen-bond acceptors (Lipinski definition) is 2. The van der Waals surface area contributed by atoms with Crippen LogP contribution in [0, 0.1) is 0 Å². The monoisotopic (exact) mass is 282 g/mol. The number of carboxylic acids is 1. The number of ketones is 1. The van der Waals surface area contributed by atoms with Crippen molar-refractivity contribution < 1.29 is 14.7 Å². The van der Waals surface area contributed by atoms with Crippen molar-refractivity contribution in [3.05, 3.63) is 39.9 Å². The number of Topliss-reactive ketones (excluding diaryl/α,β-unsaturated/α-hetero) is 1. The average Bonchev–Trinajstić information content (AvgIpc) is 2.17. The lowest BCUT2D eigenvalue weighted by Gasteiger charge is -2.04. The maximum Gasteiger partial charge on any atom is 0.328 e. The van der Waals surface area contributed by atoms with Gasteiger partial charge in [0.25, 0.3) is 0 Å². The first-order valence-electron chi connectivity index (χ1n) is 4.68. The molecule has 0 bridgehead atoms. The number of benzene rings is 1. The number of aliphatic carboxylic acids is 1. The molecule has 3 nitrogen and oxygen atoms in total. The molecule has 4 heteroatoms. The molecule has 0 aromatic heterocycles. The summed E-state index contributed by atoms with van der Waals surface area (Å²) in [7, 11) is 0. The molecule has 0 spiro atoms. The van der Waals surface area contributed by atoms with Gasteiger partial charge in [-0.05, 0) is 36.3 Å². The lowest BCUT2D eigenvalue weighted by atomic mass is 10.0. The Bertz CT molecular complexity index is 450. The molecular formula is C12H11BrO3. The van der Waals surface area contributed by atoms with Crippen molar-refractivity contribution in [1.29, 1.82) is 0 Å². The van der Waals surface area contributed by atoms with Gasteiger partial charge in [0.2, 0.25) is 0 Å². The topological polar surface area (TPSA) is 54.4 Å². The summed E-state index contributed by atoms with van der Waals surface area (Å²) in [6, 6.07) is 5.43. The maximum atomic E-state index is 11.0. The second kappa shape index (κ2) is 5.61. The van der Waals surface area contributed by atoms with Crippen LogP contribution in [0.1, 0.15) is 18.1 Å². The Morgan fingerprint density at radius 3 is 2.69 bits per heavy atom. The van der Waals surface area contributed by atoms with Gasteiger partial charge in [-0.1, -0.05) is 22.0 Å². The third-order valence-corrected chi connectivity index (χ3v) is 2.45. The van der Waals surface area contributed by atoms with Crippen molar-refractivity contribution >= 4 is 33.8 Å². The van der Waals surface area contributed by atoms with E-state index in [0.29, 0.717) is 6.42 Å². The van der Waals surface area contributed by atoms with E-state index in [9.17, 15) is 9.59 Å². The quantitative estimate of drug-likeness (QED) is 0.864. The van der Waals surface area contributed by atoms with E-state index in [0.717, 1.165) is 21.7 Å². The van der Waals surface area contributed by atoms with Crippen LogP contribution in [-0.2, 0) is 16.0 Å². The van der Waals surface area contributed by atoms with E-state index < -0.39 is 5.97 Å². The molecular weight excluding hydrogens is 272 g/mol. The van der Waals surface area contributed by atoms with Gasteiger partial charge in [0.05, 0.1) is 0 Å². The normalized spacial score (nSPS) is 10.6. The number of hydrogen-bond donors (Lipinski definition) is 1. The van der Waals surface area contributed by atoms with Crippen molar-refractivity contribution in [3.63, 3.8) is 0 Å². The van der Waals surface area contributed by atoms with E-state index in [1.54, 1.807) is 6.07 Å². The summed E-state index contributed by atoms with van der Waals surface area (Å²) in [6.45, 7) is 1.51. The van der Waals surface area contributed by atoms with E-state index in [1.807, 2.05) is 12.1 Å². The summed E-state index contributed by atoms with van der Waals surface area (Å²) in [5.41, 5.74) is 1.57. The van der Waals surface area contributed by atoms with Crippen LogP contribution in [0.15, 0.2) is 28.7 Å². The Kier molecular flexibility index (Phi) is 4.43. The fourth-order valence-corrected chi connectivity index (χ4v) is 1.69. The largest absolute Gasteiger partial charge is 0.478 e. The lowest BCUT2D eigenvalue weighted by Crippen LogP contribution is -1.99. The third kappa shape index (κ3) is 3.98. The van der Waals surface area contributed by atoms with E-state index >= 15 is 0 Å². The number of carbonyl (C=O) groups is 2. The van der Waals surface area contributed by atoms with Crippen LogP contribution in [0.2, 0.25) is 0 Å². The highest BCUT2D eigenvalue weighted by Gasteiger charge is 2.04. The average molecular weight is 283 g/mol. The van der Waals surface area contributed by atoms with Crippen LogP contribution >= 0.6 is 15.9 Å². The van der Waals surface area contributed by atoms with Crippen molar-refractivity contribution in [3.8, 4) is 0 Å². The molecule has 1 aromatic rings. The zero-order valence-electron chi connectivity index (χ0n) is 8.74. The fourth-order valence-electron chi connectivity index (χ4n) is 1.31. The molecule has 0 saturated carbocycles. The first-order valence-corrected chi connectivity index (χ1v) is 5.47. The molecule has 0 fully saturated rings. The van der Waals surface area contributed by atoms with Gasteiger partial charge in [-0.3, -0.25) is 4.79 Å². The van der Waals surface area contributed by atoms with Gasteiger partial charge in [0, 0.05) is 17.0 Å². The summed E-state index contributed by atoms with van der Waals surface area (Å²) < 4.78 is 0.852. The van der Waals surface area contributed by atoms with Crippen LogP contribution in [-0.4, -0.2) is 16.9 Å². The summed E-state index contributed by atoms with van der Waals surface area (Å²) in [6.07, 6.45) is 2.86. The first-order chi connectivity index (χ1) is 7.49. The van der Waals surface area contributed by atoms with E-state index in [-0.39, 0.29) is 5.78 Å². The molecule has 0 aliphatic rings. The number of carboxylic acid groups (broad SMARTS) is 1. The third-order valence-electron chi connectivity index (χ3n) is 1.95. The lowest BCUT2D eigenvalue weighted by molar-refractivity contribution is -0.131. The zero-order valence-corrected chi connectivity index (χ0v) is 10.3. The molecule has 0 aliphatic carbocycles. The van der Waals surface area contributed by atoms with Crippen LogP contribution < -0.4 is 0 Å². The van der Waals surface area contributed by atoms with Crippen LogP contribution in [0.4, 0.5) is 0 Å². The van der Waals surface area contributed by atoms with E-state index in [4.69, 9.17) is 5.11 Å². The molecule has 1 aromatic carbocycles. The summed E-state index contributed by atoms with van der Waals surface area (Å²) in [4.78, 5) is 21.5. The minimum Gasteiger partial charge on any atom is -0.478 e. The Hall–Kier alpha value is -1.42. The molecule has 16 heavy (non-hydrogen) atoms. The summed E-state index contributed by atoms with van der Waals surface area (Å²) >= 11 is 3.30. The van der Waals surface area contributed by atoms with Crippen LogP contribution in [0.5, 0.6) is 0 Å². The molecule has 0 atom stereocenters. The van der Waals surface area contributed by atoms with Gasteiger partial charge in [-0.15, -0.1) is 0 Å². The molecule has 1 rings (SSSR count). The van der Waals surface area contributed by atoms with Gasteiger partial charge < -0.3 is 5.11 Å². The Morgan fingerprint density at radius 1 is 1.44 bits per heavy atom. The van der Waals surface area contributed by atoms with Crippen molar-refractivity contribution in [1.82, 2.24) is 0 Å². The van der Waals surface area contributed by atoms with Gasteiger partial charge in [-0.2, -0.15) is 0 Å². The Labute approximate surface area is 102 Å². The molecule has 0 unspecified atom stereocenters. The van der Waals surface area contributed by atoms with Gasteiger partial charge in [-0.25, -0.2) is 4.79 Å². The predicted octanol–water partition coefficient (Wildman–Crippen LogP) is 2.68. The van der Waals surface area contributed by atoms with E-state index in [2.05, 4.69) is 15.9 Å². The van der Waals surface area contributed by atoms with Crippen molar-refractivity contribution in [2.75, 3.05) is 0 Å². The zero-order chi connectivity index (χ0) is 12.1. The van der Waals surface area contributed by atoms with Crippen molar-refractivity contribution in [2.24, 2.45) is 0 Å². The molecule has 1 N–H and O–H groups in total.